The van der Waals surface area contributed by atoms with Gasteiger partial charge in [-0.3, -0.25) is 9.67 Å². The van der Waals surface area contributed by atoms with Gasteiger partial charge in [-0.15, -0.1) is 0 Å². The average Bonchev–Trinajstić information content (AvgIpc) is 3.20. The van der Waals surface area contributed by atoms with Crippen LogP contribution in [0.3, 0.4) is 0 Å². The molecule has 0 spiro atoms. The third kappa shape index (κ3) is 4.08. The van der Waals surface area contributed by atoms with Gasteiger partial charge in [0.2, 0.25) is 0 Å². The third-order valence-electron chi connectivity index (χ3n) is 3.96. The number of aromatic nitrogens is 5. The van der Waals surface area contributed by atoms with Crippen LogP contribution in [0.5, 0.6) is 0 Å². The maximum Gasteiger partial charge on any atom is 0.184 e. The second-order valence-corrected chi connectivity index (χ2v) is 6.24. The quantitative estimate of drug-likeness (QED) is 0.460. The molecule has 9 heteroatoms. The van der Waals surface area contributed by atoms with Gasteiger partial charge in [-0.1, -0.05) is 0 Å². The van der Waals surface area contributed by atoms with Crippen LogP contribution in [0.4, 0.5) is 10.2 Å². The van der Waals surface area contributed by atoms with Crippen molar-refractivity contribution in [3.05, 3.63) is 60.4 Å². The maximum absolute atomic E-state index is 13.8. The highest BCUT2D eigenvalue weighted by atomic mass is 19.1. The van der Waals surface area contributed by atoms with Gasteiger partial charge in [0, 0.05) is 30.6 Å². The molecule has 0 radical (unpaired) electrons. The summed E-state index contributed by atoms with van der Waals surface area (Å²) in [4.78, 5) is 8.51. The summed E-state index contributed by atoms with van der Waals surface area (Å²) < 4.78 is 22.7. The van der Waals surface area contributed by atoms with Gasteiger partial charge in [0.05, 0.1) is 31.3 Å². The fraction of sp³-hybridized carbons (Fsp3) is 0.263. The van der Waals surface area contributed by atoms with Crippen molar-refractivity contribution in [2.45, 2.75) is 20.4 Å². The number of aryl methyl sites for hydroxylation is 1. The Morgan fingerprint density at radius 2 is 2.14 bits per heavy atom. The van der Waals surface area contributed by atoms with Crippen molar-refractivity contribution in [2.75, 3.05) is 11.9 Å². The van der Waals surface area contributed by atoms with Gasteiger partial charge in [0.25, 0.3) is 0 Å². The van der Waals surface area contributed by atoms with Crippen molar-refractivity contribution in [1.29, 1.82) is 5.41 Å². The molecule has 0 aliphatic heterocycles. The highest BCUT2D eigenvalue weighted by molar-refractivity contribution is 6.00. The van der Waals surface area contributed by atoms with E-state index in [0.717, 1.165) is 11.8 Å². The van der Waals surface area contributed by atoms with Crippen molar-refractivity contribution >= 4 is 11.5 Å². The maximum atomic E-state index is 13.8. The number of nitrogens with one attached hydrogen (secondary N) is 2. The molecule has 3 rings (SSSR count). The molecule has 0 saturated carbocycles. The van der Waals surface area contributed by atoms with E-state index in [1.54, 1.807) is 17.8 Å². The van der Waals surface area contributed by atoms with Crippen LogP contribution in [0.15, 0.2) is 43.3 Å². The minimum Gasteiger partial charge on any atom is -0.480 e. The zero-order valence-corrected chi connectivity index (χ0v) is 16.0. The number of ether oxygens (including phenoxy) is 1. The van der Waals surface area contributed by atoms with Crippen molar-refractivity contribution in [3.8, 4) is 11.4 Å². The van der Waals surface area contributed by atoms with Gasteiger partial charge in [-0.2, -0.15) is 5.10 Å². The molecular formula is C19H22FN7O. The molecule has 2 N–H and O–H groups in total. The number of nitrogens with zero attached hydrogens (tertiary/aromatic N) is 5. The lowest BCUT2D eigenvalue weighted by molar-refractivity contribution is 0.236. The predicted octanol–water partition coefficient (Wildman–Crippen LogP) is 3.17. The molecule has 3 aromatic heterocycles. The molecule has 0 aromatic carbocycles. The number of hydrogen-bond acceptors (Lipinski definition) is 6. The number of imidazole rings is 1. The summed E-state index contributed by atoms with van der Waals surface area (Å²) in [7, 11) is 1.83. The Bertz CT molecular complexity index is 1020. The number of anilines is 1. The molecule has 0 atom stereocenters. The minimum atomic E-state index is -0.463. The second-order valence-electron chi connectivity index (χ2n) is 6.24. The Morgan fingerprint density at radius 1 is 1.36 bits per heavy atom. The first-order valence-electron chi connectivity index (χ1n) is 8.72. The van der Waals surface area contributed by atoms with E-state index in [4.69, 9.17) is 10.1 Å². The van der Waals surface area contributed by atoms with Crippen molar-refractivity contribution in [3.63, 3.8) is 0 Å². The molecule has 0 unspecified atom stereocenters. The standard InChI is InChI=1S/C19H22FN7O/c1-5-28-13(3)24-19-17(12(2)21)25-18(15-6-16(20)9-22-8-15)27(19)11-14-7-23-26(4)10-14/h6-10,21,24H,3,5,11H2,1-2,4H3. The highest BCUT2D eigenvalue weighted by Gasteiger charge is 2.21. The highest BCUT2D eigenvalue weighted by Crippen LogP contribution is 2.29. The van der Waals surface area contributed by atoms with Gasteiger partial charge in [-0.25, -0.2) is 9.37 Å². The minimum absolute atomic E-state index is 0.252. The summed E-state index contributed by atoms with van der Waals surface area (Å²) in [5.41, 5.74) is 2.09. The van der Waals surface area contributed by atoms with Crippen LogP contribution in [-0.2, 0) is 18.3 Å². The van der Waals surface area contributed by atoms with E-state index in [0.29, 0.717) is 41.9 Å². The van der Waals surface area contributed by atoms with E-state index in [1.165, 1.54) is 12.3 Å². The summed E-state index contributed by atoms with van der Waals surface area (Å²) in [5, 5.41) is 15.4. The molecule has 146 valence electrons. The second kappa shape index (κ2) is 8.03. The zero-order chi connectivity index (χ0) is 20.3. The van der Waals surface area contributed by atoms with Crippen molar-refractivity contribution in [2.24, 2.45) is 7.05 Å². The van der Waals surface area contributed by atoms with Crippen LogP contribution in [0.1, 0.15) is 25.1 Å². The summed E-state index contributed by atoms with van der Waals surface area (Å²) >= 11 is 0. The Morgan fingerprint density at radius 3 is 2.75 bits per heavy atom. The Kier molecular flexibility index (Phi) is 5.53. The van der Waals surface area contributed by atoms with Crippen LogP contribution in [0, 0.1) is 11.2 Å². The van der Waals surface area contributed by atoms with Gasteiger partial charge in [0.15, 0.2) is 5.88 Å². The largest absolute Gasteiger partial charge is 0.480 e. The summed E-state index contributed by atoms with van der Waals surface area (Å²) in [6.07, 6.45) is 6.30. The first kappa shape index (κ1) is 19.3. The molecule has 3 aromatic rings. The Labute approximate surface area is 162 Å². The number of halogens is 1. The van der Waals surface area contributed by atoms with Crippen LogP contribution in [-0.4, -0.2) is 36.6 Å². The van der Waals surface area contributed by atoms with E-state index < -0.39 is 5.82 Å². The number of pyridine rings is 1. The smallest absolute Gasteiger partial charge is 0.184 e. The van der Waals surface area contributed by atoms with E-state index in [2.05, 4.69) is 27.0 Å². The van der Waals surface area contributed by atoms with Gasteiger partial charge in [0.1, 0.15) is 23.2 Å². The van der Waals surface area contributed by atoms with Gasteiger partial charge < -0.3 is 20.0 Å². The van der Waals surface area contributed by atoms with Gasteiger partial charge >= 0.3 is 0 Å². The molecule has 0 amide bonds. The van der Waals surface area contributed by atoms with Crippen molar-refractivity contribution in [1.82, 2.24) is 24.3 Å². The fourth-order valence-electron chi connectivity index (χ4n) is 2.83. The third-order valence-corrected chi connectivity index (χ3v) is 3.96. The first-order valence-corrected chi connectivity index (χ1v) is 8.72. The number of rotatable bonds is 8. The summed E-state index contributed by atoms with van der Waals surface area (Å²) in [6, 6.07) is 1.36. The molecule has 0 fully saturated rings. The topological polar surface area (TPSA) is 93.6 Å². The first-order chi connectivity index (χ1) is 13.4. The molecule has 0 aliphatic carbocycles. The SMILES string of the molecule is C=C(Nc1c(C(C)=N)nc(-c2cncc(F)c2)n1Cc1cnn(C)c1)OCC. The Hall–Kier alpha value is -3.49. The number of hydrogen-bond donors (Lipinski definition) is 2. The summed E-state index contributed by atoms with van der Waals surface area (Å²) in [6.45, 7) is 8.20. The van der Waals surface area contributed by atoms with Crippen molar-refractivity contribution < 1.29 is 9.13 Å². The normalized spacial score (nSPS) is 10.7. The predicted molar refractivity (Wildman–Crippen MR) is 105 cm³/mol. The van der Waals surface area contributed by atoms with E-state index in [-0.39, 0.29) is 5.71 Å². The van der Waals surface area contributed by atoms with Crippen LogP contribution < -0.4 is 5.32 Å². The van der Waals surface area contributed by atoms with E-state index >= 15 is 0 Å². The monoisotopic (exact) mass is 383 g/mol. The molecule has 3 heterocycles. The summed E-state index contributed by atoms with van der Waals surface area (Å²) in [5.74, 6) is 0.884. The molecule has 0 bridgehead atoms. The van der Waals surface area contributed by atoms with Crippen LogP contribution in [0.2, 0.25) is 0 Å². The molecule has 8 nitrogen and oxygen atoms in total. The molecule has 0 aliphatic rings. The van der Waals surface area contributed by atoms with Crippen LogP contribution in [0.25, 0.3) is 11.4 Å². The Balaban J connectivity index is 2.16. The molecule has 0 saturated heterocycles. The van der Waals surface area contributed by atoms with Gasteiger partial charge in [-0.05, 0) is 26.5 Å². The fourth-order valence-corrected chi connectivity index (χ4v) is 2.83. The zero-order valence-electron chi connectivity index (χ0n) is 16.0. The lowest BCUT2D eigenvalue weighted by Crippen LogP contribution is -2.12. The molecule has 28 heavy (non-hydrogen) atoms. The van der Waals surface area contributed by atoms with E-state index in [1.807, 2.05) is 24.7 Å². The van der Waals surface area contributed by atoms with E-state index in [9.17, 15) is 4.39 Å². The average molecular weight is 383 g/mol. The lowest BCUT2D eigenvalue weighted by Gasteiger charge is -2.15. The van der Waals surface area contributed by atoms with Crippen LogP contribution >= 0.6 is 0 Å². The lowest BCUT2D eigenvalue weighted by atomic mass is 10.2. The molecular weight excluding hydrogens is 361 g/mol.